The second-order valence-electron chi connectivity index (χ2n) is 2.51. The van der Waals surface area contributed by atoms with E-state index in [1.165, 1.54) is 6.20 Å². The summed E-state index contributed by atoms with van der Waals surface area (Å²) in [4.78, 5) is 10.3. The zero-order valence-corrected chi connectivity index (χ0v) is 7.08. The second-order valence-corrected chi connectivity index (χ2v) is 2.51. The molecule has 0 aromatic rings. The van der Waals surface area contributed by atoms with Crippen LogP contribution in [0, 0.1) is 0 Å². The zero-order valence-electron chi connectivity index (χ0n) is 7.08. The third-order valence-electron chi connectivity index (χ3n) is 1.31. The van der Waals surface area contributed by atoms with Crippen LogP contribution in [0.25, 0.3) is 0 Å². The van der Waals surface area contributed by atoms with Crippen molar-refractivity contribution >= 4 is 5.97 Å². The van der Waals surface area contributed by atoms with Crippen molar-refractivity contribution in [3.8, 4) is 0 Å². The molecule has 4 heteroatoms. The van der Waals surface area contributed by atoms with E-state index >= 15 is 0 Å². The molecular weight excluding hydrogens is 156 g/mol. The largest absolute Gasteiger partial charge is 0.480 e. The lowest BCUT2D eigenvalue weighted by atomic mass is 10.1. The minimum atomic E-state index is -0.985. The van der Waals surface area contributed by atoms with Gasteiger partial charge in [0.25, 0.3) is 0 Å². The molecular formula is C8H14N2O2. The molecule has 0 saturated heterocycles. The van der Waals surface area contributed by atoms with Gasteiger partial charge >= 0.3 is 5.97 Å². The number of hydrogen-bond acceptors (Lipinski definition) is 3. The highest BCUT2D eigenvalue weighted by Crippen LogP contribution is 2.01. The average Bonchev–Trinajstić information content (AvgIpc) is 2.00. The van der Waals surface area contributed by atoms with Crippen molar-refractivity contribution in [2.24, 2.45) is 5.73 Å². The van der Waals surface area contributed by atoms with E-state index in [9.17, 15) is 4.79 Å². The van der Waals surface area contributed by atoms with Gasteiger partial charge in [0.05, 0.1) is 0 Å². The first-order valence-corrected chi connectivity index (χ1v) is 3.59. The fraction of sp³-hybridized carbons (Fsp3) is 0.375. The van der Waals surface area contributed by atoms with Gasteiger partial charge in [-0.2, -0.15) is 0 Å². The Bertz CT molecular complexity index is 199. The van der Waals surface area contributed by atoms with Gasteiger partial charge in [-0.15, -0.1) is 0 Å². The van der Waals surface area contributed by atoms with Crippen molar-refractivity contribution in [2.75, 3.05) is 0 Å². The molecule has 0 bridgehead atoms. The molecule has 0 aromatic carbocycles. The van der Waals surface area contributed by atoms with Gasteiger partial charge in [-0.05, 0) is 25.7 Å². The fourth-order valence-electron chi connectivity index (χ4n) is 0.694. The summed E-state index contributed by atoms with van der Waals surface area (Å²) in [5.41, 5.74) is 6.17. The lowest BCUT2D eigenvalue weighted by Gasteiger charge is -2.05. The number of nitrogens with one attached hydrogen (secondary N) is 1. The van der Waals surface area contributed by atoms with E-state index in [1.54, 1.807) is 13.1 Å². The van der Waals surface area contributed by atoms with Crippen molar-refractivity contribution in [2.45, 2.75) is 19.4 Å². The summed E-state index contributed by atoms with van der Waals surface area (Å²) in [7, 11) is 0. The summed E-state index contributed by atoms with van der Waals surface area (Å²) >= 11 is 0. The van der Waals surface area contributed by atoms with Gasteiger partial charge in [0, 0.05) is 0 Å². The maximum absolute atomic E-state index is 10.3. The molecule has 1 atom stereocenters. The average molecular weight is 170 g/mol. The number of nitrogens with two attached hydrogens (primary N) is 1. The molecule has 0 rings (SSSR count). The lowest BCUT2D eigenvalue weighted by Crippen LogP contribution is -2.30. The topological polar surface area (TPSA) is 75.3 Å². The van der Waals surface area contributed by atoms with Gasteiger partial charge < -0.3 is 16.2 Å². The molecule has 0 fully saturated rings. The number of hydrogen-bond donors (Lipinski definition) is 3. The van der Waals surface area contributed by atoms with Gasteiger partial charge in [-0.25, -0.2) is 0 Å². The third-order valence-corrected chi connectivity index (χ3v) is 1.31. The quantitative estimate of drug-likeness (QED) is 0.559. The van der Waals surface area contributed by atoms with Crippen LogP contribution >= 0.6 is 0 Å². The highest BCUT2D eigenvalue weighted by Gasteiger charge is 2.10. The van der Waals surface area contributed by atoms with Crippen LogP contribution in [0.2, 0.25) is 0 Å². The lowest BCUT2D eigenvalue weighted by molar-refractivity contribution is -0.138. The molecule has 0 aliphatic rings. The summed E-state index contributed by atoms with van der Waals surface area (Å²) < 4.78 is 0. The fourth-order valence-corrected chi connectivity index (χ4v) is 0.694. The smallest absolute Gasteiger partial charge is 0.320 e. The Morgan fingerprint density at radius 3 is 2.83 bits per heavy atom. The third kappa shape index (κ3) is 4.51. The SMILES string of the molecule is C=CN/C=C(\C)C[C@H](N)C(=O)O. The van der Waals surface area contributed by atoms with E-state index in [-0.39, 0.29) is 0 Å². The van der Waals surface area contributed by atoms with Crippen LogP contribution in [0.1, 0.15) is 13.3 Å². The maximum Gasteiger partial charge on any atom is 0.320 e. The van der Waals surface area contributed by atoms with Gasteiger partial charge in [0.1, 0.15) is 6.04 Å². The van der Waals surface area contributed by atoms with Gasteiger partial charge in [0.15, 0.2) is 0 Å². The molecule has 0 saturated carbocycles. The van der Waals surface area contributed by atoms with E-state index in [2.05, 4.69) is 11.9 Å². The Morgan fingerprint density at radius 1 is 1.83 bits per heavy atom. The molecule has 0 amide bonds. The molecule has 4 nitrogen and oxygen atoms in total. The summed E-state index contributed by atoms with van der Waals surface area (Å²) in [5.74, 6) is -0.985. The predicted molar refractivity (Wildman–Crippen MR) is 47.3 cm³/mol. The van der Waals surface area contributed by atoms with Crippen LogP contribution in [0.15, 0.2) is 24.6 Å². The van der Waals surface area contributed by atoms with Crippen LogP contribution in [0.3, 0.4) is 0 Å². The van der Waals surface area contributed by atoms with Crippen LogP contribution in [-0.2, 0) is 4.79 Å². The molecule has 0 radical (unpaired) electrons. The van der Waals surface area contributed by atoms with Crippen molar-refractivity contribution in [3.63, 3.8) is 0 Å². The van der Waals surface area contributed by atoms with E-state index in [1.807, 2.05) is 0 Å². The standard InChI is InChI=1S/C8H14N2O2/c1-3-10-5-6(2)4-7(9)8(11)12/h3,5,7,10H,1,4,9H2,2H3,(H,11,12)/b6-5+/t7-/m0/s1. The van der Waals surface area contributed by atoms with E-state index in [4.69, 9.17) is 10.8 Å². The first kappa shape index (κ1) is 10.7. The Balaban J connectivity index is 3.90. The number of rotatable bonds is 5. The zero-order chi connectivity index (χ0) is 9.56. The van der Waals surface area contributed by atoms with Gasteiger partial charge in [-0.3, -0.25) is 4.79 Å². The van der Waals surface area contributed by atoms with E-state index < -0.39 is 12.0 Å². The second kappa shape index (κ2) is 5.37. The summed E-state index contributed by atoms with van der Waals surface area (Å²) in [6, 6.07) is -0.826. The van der Waals surface area contributed by atoms with Crippen LogP contribution in [0.5, 0.6) is 0 Å². The van der Waals surface area contributed by atoms with Gasteiger partial charge in [0.2, 0.25) is 0 Å². The van der Waals surface area contributed by atoms with Crippen molar-refractivity contribution < 1.29 is 9.90 Å². The Morgan fingerprint density at radius 2 is 2.42 bits per heavy atom. The summed E-state index contributed by atoms with van der Waals surface area (Å²) in [5, 5.41) is 11.2. The Hall–Kier alpha value is -1.29. The highest BCUT2D eigenvalue weighted by molar-refractivity contribution is 5.73. The molecule has 0 aliphatic carbocycles. The number of aliphatic carboxylic acids is 1. The Kier molecular flexibility index (Phi) is 4.79. The van der Waals surface area contributed by atoms with Gasteiger partial charge in [-0.1, -0.05) is 12.2 Å². The minimum absolute atomic E-state index is 0.343. The molecule has 68 valence electrons. The van der Waals surface area contributed by atoms with Crippen molar-refractivity contribution in [1.29, 1.82) is 0 Å². The molecule has 0 heterocycles. The molecule has 0 unspecified atom stereocenters. The molecule has 0 spiro atoms. The van der Waals surface area contributed by atoms with E-state index in [0.29, 0.717) is 6.42 Å². The summed E-state index contributed by atoms with van der Waals surface area (Å²) in [6.07, 6.45) is 3.53. The molecule has 4 N–H and O–H groups in total. The van der Waals surface area contributed by atoms with E-state index in [0.717, 1.165) is 5.57 Å². The first-order valence-electron chi connectivity index (χ1n) is 3.59. The Labute approximate surface area is 71.8 Å². The highest BCUT2D eigenvalue weighted by atomic mass is 16.4. The summed E-state index contributed by atoms with van der Waals surface area (Å²) in [6.45, 7) is 5.25. The number of carboxylic acid groups (broad SMARTS) is 1. The maximum atomic E-state index is 10.3. The number of carboxylic acids is 1. The predicted octanol–water partition coefficient (Wildman–Crippen LogP) is 0.425. The minimum Gasteiger partial charge on any atom is -0.480 e. The molecule has 12 heavy (non-hydrogen) atoms. The van der Waals surface area contributed by atoms with Crippen LogP contribution < -0.4 is 11.1 Å². The molecule has 0 aromatic heterocycles. The van der Waals surface area contributed by atoms with Crippen molar-refractivity contribution in [3.05, 3.63) is 24.6 Å². The number of carbonyl (C=O) groups is 1. The van der Waals surface area contributed by atoms with Crippen LogP contribution in [0.4, 0.5) is 0 Å². The van der Waals surface area contributed by atoms with Crippen molar-refractivity contribution in [1.82, 2.24) is 5.32 Å². The normalized spacial score (nSPS) is 13.7. The first-order chi connectivity index (χ1) is 5.57. The molecule has 0 aliphatic heterocycles. The van der Waals surface area contributed by atoms with Crippen LogP contribution in [-0.4, -0.2) is 17.1 Å². The monoisotopic (exact) mass is 170 g/mol.